The molecule has 0 atom stereocenters. The highest BCUT2D eigenvalue weighted by molar-refractivity contribution is 6.31. The van der Waals surface area contributed by atoms with Crippen LogP contribution in [0.4, 0.5) is 0 Å². The smallest absolute Gasteiger partial charge is 0.273 e. The topological polar surface area (TPSA) is 67.9 Å². The molecule has 0 bridgehead atoms. The Balaban J connectivity index is 2.01. The van der Waals surface area contributed by atoms with Crippen molar-refractivity contribution in [2.75, 3.05) is 0 Å². The van der Waals surface area contributed by atoms with Crippen LogP contribution in [0.15, 0.2) is 47.7 Å². The van der Waals surface area contributed by atoms with E-state index in [2.05, 4.69) is 15.0 Å². The van der Waals surface area contributed by atoms with E-state index in [1.807, 2.05) is 18.2 Å². The molecule has 6 heteroatoms. The number of nitrogens with one attached hydrogen (secondary N) is 1. The summed E-state index contributed by atoms with van der Waals surface area (Å²) < 4.78 is 5.50. The lowest BCUT2D eigenvalue weighted by molar-refractivity contribution is 0.461. The second-order valence-electron chi connectivity index (χ2n) is 3.81. The zero-order valence-corrected chi connectivity index (χ0v) is 10.4. The molecule has 0 aliphatic rings. The van der Waals surface area contributed by atoms with Crippen LogP contribution in [0, 0.1) is 0 Å². The van der Waals surface area contributed by atoms with E-state index in [1.165, 1.54) is 6.33 Å². The Morgan fingerprint density at radius 3 is 3.00 bits per heavy atom. The molecule has 0 aliphatic carbocycles. The molecular weight excluding hydrogens is 266 g/mol. The van der Waals surface area contributed by atoms with Gasteiger partial charge in [-0.1, -0.05) is 17.7 Å². The Labute approximate surface area is 112 Å². The maximum Gasteiger partial charge on any atom is 0.273 e. The molecule has 1 N–H and O–H groups in total. The predicted molar refractivity (Wildman–Crippen MR) is 71.7 cm³/mol. The fraction of sp³-hybridized carbons (Fsp3) is 0. The van der Waals surface area contributed by atoms with Crippen molar-refractivity contribution in [3.8, 4) is 11.6 Å². The first kappa shape index (κ1) is 11.7. The van der Waals surface area contributed by atoms with E-state index in [1.54, 1.807) is 18.3 Å². The molecule has 0 amide bonds. The zero-order chi connectivity index (χ0) is 13.2. The highest BCUT2D eigenvalue weighted by Crippen LogP contribution is 2.26. The van der Waals surface area contributed by atoms with E-state index >= 15 is 0 Å². The van der Waals surface area contributed by atoms with Crippen LogP contribution in [0.1, 0.15) is 0 Å². The summed E-state index contributed by atoms with van der Waals surface area (Å²) in [7, 11) is 0. The Kier molecular flexibility index (Phi) is 2.89. The molecule has 94 valence electrons. The highest BCUT2D eigenvalue weighted by atomic mass is 35.5. The van der Waals surface area contributed by atoms with E-state index in [9.17, 15) is 4.79 Å². The molecule has 0 aliphatic heterocycles. The van der Waals surface area contributed by atoms with Crippen molar-refractivity contribution in [3.05, 3.63) is 58.2 Å². The number of aromatic amines is 1. The standard InChI is InChI=1S/C13H8ClN3O2/c14-11-12(18)16-7-17-13(11)19-9-4-3-8-2-1-5-15-10(8)6-9/h1-7H,(H,16,17,18). The van der Waals surface area contributed by atoms with Crippen LogP contribution in [-0.4, -0.2) is 15.0 Å². The van der Waals surface area contributed by atoms with Crippen LogP contribution >= 0.6 is 11.6 Å². The third-order valence-electron chi connectivity index (χ3n) is 2.56. The number of nitrogens with zero attached hydrogens (tertiary/aromatic N) is 2. The van der Waals surface area contributed by atoms with E-state index in [4.69, 9.17) is 16.3 Å². The SMILES string of the molecule is O=c1[nH]cnc(Oc2ccc3cccnc3c2)c1Cl. The number of halogens is 1. The number of hydrogen-bond acceptors (Lipinski definition) is 4. The zero-order valence-electron chi connectivity index (χ0n) is 9.63. The molecule has 0 radical (unpaired) electrons. The molecule has 5 nitrogen and oxygen atoms in total. The summed E-state index contributed by atoms with van der Waals surface area (Å²) in [6.07, 6.45) is 2.94. The average molecular weight is 274 g/mol. The molecule has 3 aromatic rings. The van der Waals surface area contributed by atoms with Crippen molar-refractivity contribution < 1.29 is 4.74 Å². The Morgan fingerprint density at radius 1 is 1.21 bits per heavy atom. The van der Waals surface area contributed by atoms with Gasteiger partial charge in [0.15, 0.2) is 5.02 Å². The van der Waals surface area contributed by atoms with Crippen LogP contribution in [0.3, 0.4) is 0 Å². The van der Waals surface area contributed by atoms with Crippen molar-refractivity contribution in [1.82, 2.24) is 15.0 Å². The molecule has 0 saturated heterocycles. The molecule has 1 aromatic carbocycles. The molecule has 0 unspecified atom stereocenters. The average Bonchev–Trinajstić information content (AvgIpc) is 2.44. The Morgan fingerprint density at radius 2 is 2.11 bits per heavy atom. The summed E-state index contributed by atoms with van der Waals surface area (Å²) in [5, 5.41) is 0.920. The van der Waals surface area contributed by atoms with Gasteiger partial charge >= 0.3 is 0 Å². The minimum Gasteiger partial charge on any atom is -0.437 e. The fourth-order valence-corrected chi connectivity index (χ4v) is 1.80. The third-order valence-corrected chi connectivity index (χ3v) is 2.89. The molecule has 0 saturated carbocycles. The lowest BCUT2D eigenvalue weighted by Gasteiger charge is -2.06. The number of aromatic nitrogens is 3. The van der Waals surface area contributed by atoms with Crippen molar-refractivity contribution in [2.24, 2.45) is 0 Å². The monoisotopic (exact) mass is 273 g/mol. The number of hydrogen-bond donors (Lipinski definition) is 1. The van der Waals surface area contributed by atoms with E-state index in [-0.39, 0.29) is 10.9 Å². The van der Waals surface area contributed by atoms with Crippen LogP contribution in [-0.2, 0) is 0 Å². The summed E-state index contributed by atoms with van der Waals surface area (Å²) in [6.45, 7) is 0. The number of H-pyrrole nitrogens is 1. The quantitative estimate of drug-likeness (QED) is 0.779. The summed E-state index contributed by atoms with van der Waals surface area (Å²) in [4.78, 5) is 21.8. The molecular formula is C13H8ClN3O2. The first-order valence-electron chi connectivity index (χ1n) is 5.50. The van der Waals surface area contributed by atoms with Gasteiger partial charge in [0.25, 0.3) is 5.56 Å². The number of ether oxygens (including phenoxy) is 1. The van der Waals surface area contributed by atoms with Gasteiger partial charge in [-0.05, 0) is 18.2 Å². The van der Waals surface area contributed by atoms with Crippen LogP contribution in [0.5, 0.6) is 11.6 Å². The molecule has 2 heterocycles. The third kappa shape index (κ3) is 2.28. The van der Waals surface area contributed by atoms with Gasteiger partial charge in [-0.2, -0.15) is 0 Å². The summed E-state index contributed by atoms with van der Waals surface area (Å²) in [6, 6.07) is 9.21. The minimum atomic E-state index is -0.439. The molecule has 0 spiro atoms. The van der Waals surface area contributed by atoms with Gasteiger partial charge in [0, 0.05) is 17.6 Å². The number of pyridine rings is 1. The van der Waals surface area contributed by atoms with Crippen LogP contribution in [0.2, 0.25) is 5.02 Å². The lowest BCUT2D eigenvalue weighted by atomic mass is 10.2. The van der Waals surface area contributed by atoms with Gasteiger partial charge in [0.2, 0.25) is 5.88 Å². The second kappa shape index (κ2) is 4.70. The van der Waals surface area contributed by atoms with E-state index in [0.29, 0.717) is 5.75 Å². The normalized spacial score (nSPS) is 10.6. The lowest BCUT2D eigenvalue weighted by Crippen LogP contribution is -2.07. The van der Waals surface area contributed by atoms with Crippen molar-refractivity contribution in [1.29, 1.82) is 0 Å². The van der Waals surface area contributed by atoms with Gasteiger partial charge in [-0.25, -0.2) is 4.98 Å². The Bertz CT molecular complexity index is 801. The van der Waals surface area contributed by atoms with E-state index in [0.717, 1.165) is 10.9 Å². The number of rotatable bonds is 2. The van der Waals surface area contributed by atoms with Crippen molar-refractivity contribution in [3.63, 3.8) is 0 Å². The largest absolute Gasteiger partial charge is 0.437 e. The fourth-order valence-electron chi connectivity index (χ4n) is 1.66. The van der Waals surface area contributed by atoms with Crippen molar-refractivity contribution in [2.45, 2.75) is 0 Å². The molecule has 19 heavy (non-hydrogen) atoms. The summed E-state index contributed by atoms with van der Waals surface area (Å²) in [5.74, 6) is 0.590. The number of benzene rings is 1. The molecule has 2 aromatic heterocycles. The first-order valence-corrected chi connectivity index (χ1v) is 5.87. The summed E-state index contributed by atoms with van der Waals surface area (Å²) in [5.41, 5.74) is 0.353. The molecule has 3 rings (SSSR count). The van der Waals surface area contributed by atoms with Crippen LogP contribution < -0.4 is 10.3 Å². The van der Waals surface area contributed by atoms with Gasteiger partial charge in [0.05, 0.1) is 11.8 Å². The van der Waals surface area contributed by atoms with Gasteiger partial charge in [0.1, 0.15) is 5.75 Å². The first-order chi connectivity index (χ1) is 9.24. The Hall–Kier alpha value is -2.40. The van der Waals surface area contributed by atoms with Gasteiger partial charge < -0.3 is 9.72 Å². The molecule has 0 fully saturated rings. The maximum atomic E-state index is 11.3. The van der Waals surface area contributed by atoms with Crippen molar-refractivity contribution >= 4 is 22.5 Å². The number of fused-ring (bicyclic) bond motifs is 1. The van der Waals surface area contributed by atoms with E-state index < -0.39 is 5.56 Å². The predicted octanol–water partition coefficient (Wildman–Crippen LogP) is 2.76. The summed E-state index contributed by atoms with van der Waals surface area (Å²) >= 11 is 5.81. The van der Waals surface area contributed by atoms with Gasteiger partial charge in [-0.3, -0.25) is 9.78 Å². The van der Waals surface area contributed by atoms with Gasteiger partial charge in [-0.15, -0.1) is 0 Å². The van der Waals surface area contributed by atoms with Crippen LogP contribution in [0.25, 0.3) is 10.9 Å². The highest BCUT2D eigenvalue weighted by Gasteiger charge is 2.08. The second-order valence-corrected chi connectivity index (χ2v) is 4.19. The minimum absolute atomic E-state index is 0.0701. The maximum absolute atomic E-state index is 11.3.